The number of aryl methyl sites for hydroxylation is 1. The molecule has 0 saturated carbocycles. The number of nitrogens with zero attached hydrogens (tertiary/aromatic N) is 3. The van der Waals surface area contributed by atoms with Crippen LogP contribution in [0.25, 0.3) is 0 Å². The first kappa shape index (κ1) is 12.7. The van der Waals surface area contributed by atoms with E-state index in [-0.39, 0.29) is 17.6 Å². The molecule has 0 aromatic carbocycles. The van der Waals surface area contributed by atoms with Gasteiger partial charge in [0.1, 0.15) is 12.4 Å². The number of hydrogen-bond acceptors (Lipinski definition) is 5. The first-order chi connectivity index (χ1) is 8.54. The lowest BCUT2D eigenvalue weighted by molar-refractivity contribution is -0.138. The van der Waals surface area contributed by atoms with Gasteiger partial charge in [0.15, 0.2) is 11.6 Å². The van der Waals surface area contributed by atoms with Crippen molar-refractivity contribution in [3.8, 4) is 0 Å². The van der Waals surface area contributed by atoms with Gasteiger partial charge in [-0.25, -0.2) is 19.2 Å². The molecule has 0 radical (unpaired) electrons. The van der Waals surface area contributed by atoms with Crippen molar-refractivity contribution in [3.05, 3.63) is 17.8 Å². The van der Waals surface area contributed by atoms with Crippen LogP contribution in [0.3, 0.4) is 0 Å². The van der Waals surface area contributed by atoms with Crippen molar-refractivity contribution < 1.29 is 19.0 Å². The fourth-order valence-corrected chi connectivity index (χ4v) is 2.08. The lowest BCUT2D eigenvalue weighted by Crippen LogP contribution is -2.37. The number of ether oxygens (including phenoxy) is 1. The zero-order chi connectivity index (χ0) is 13.3. The van der Waals surface area contributed by atoms with E-state index < -0.39 is 17.8 Å². The molecule has 2 unspecified atom stereocenters. The van der Waals surface area contributed by atoms with Crippen LogP contribution >= 0.6 is 0 Å². The SMILES string of the molecule is COC1CC(C(=O)O)N(c2ncnc(C)c2F)C1. The van der Waals surface area contributed by atoms with Crippen molar-refractivity contribution >= 4 is 11.8 Å². The summed E-state index contributed by atoms with van der Waals surface area (Å²) in [5, 5.41) is 9.16. The highest BCUT2D eigenvalue weighted by atomic mass is 19.1. The van der Waals surface area contributed by atoms with Gasteiger partial charge < -0.3 is 14.7 Å². The summed E-state index contributed by atoms with van der Waals surface area (Å²) in [5.74, 6) is -1.57. The highest BCUT2D eigenvalue weighted by Gasteiger charge is 2.39. The average Bonchev–Trinajstić information content (AvgIpc) is 2.77. The minimum absolute atomic E-state index is 0.0226. The molecule has 1 N–H and O–H groups in total. The van der Waals surface area contributed by atoms with Crippen molar-refractivity contribution in [1.29, 1.82) is 0 Å². The number of hydrogen-bond donors (Lipinski definition) is 1. The van der Waals surface area contributed by atoms with Crippen molar-refractivity contribution in [3.63, 3.8) is 0 Å². The smallest absolute Gasteiger partial charge is 0.326 e. The van der Waals surface area contributed by atoms with Crippen LogP contribution in [0.2, 0.25) is 0 Å². The van der Waals surface area contributed by atoms with Gasteiger partial charge in [-0.1, -0.05) is 0 Å². The van der Waals surface area contributed by atoms with Gasteiger partial charge in [-0.05, 0) is 6.92 Å². The molecule has 0 spiro atoms. The van der Waals surface area contributed by atoms with E-state index in [2.05, 4.69) is 9.97 Å². The van der Waals surface area contributed by atoms with Crippen molar-refractivity contribution in [2.45, 2.75) is 25.5 Å². The standard InChI is InChI=1S/C11H14FN3O3/c1-6-9(12)10(14-5-13-6)15-4-7(18-2)3-8(15)11(16)17/h5,7-8H,3-4H2,1-2H3,(H,16,17). The molecule has 1 aromatic rings. The number of methoxy groups -OCH3 is 1. The van der Waals surface area contributed by atoms with Crippen molar-refractivity contribution in [1.82, 2.24) is 9.97 Å². The van der Waals surface area contributed by atoms with Crippen LogP contribution in [0.15, 0.2) is 6.33 Å². The highest BCUT2D eigenvalue weighted by Crippen LogP contribution is 2.28. The molecule has 2 atom stereocenters. The number of rotatable bonds is 3. The summed E-state index contributed by atoms with van der Waals surface area (Å²) >= 11 is 0. The summed E-state index contributed by atoms with van der Waals surface area (Å²) in [6, 6.07) is -0.821. The second-order valence-corrected chi connectivity index (χ2v) is 4.20. The summed E-state index contributed by atoms with van der Waals surface area (Å²) in [6.45, 7) is 1.82. The Morgan fingerprint density at radius 2 is 2.33 bits per heavy atom. The Kier molecular flexibility index (Phi) is 3.42. The Labute approximate surface area is 103 Å². The van der Waals surface area contributed by atoms with Gasteiger partial charge in [0.25, 0.3) is 0 Å². The normalized spacial score (nSPS) is 23.4. The molecule has 0 amide bonds. The molecule has 2 rings (SSSR count). The molecule has 6 nitrogen and oxygen atoms in total. The second-order valence-electron chi connectivity index (χ2n) is 4.20. The van der Waals surface area contributed by atoms with Gasteiger partial charge in [-0.15, -0.1) is 0 Å². The third-order valence-electron chi connectivity index (χ3n) is 3.10. The number of halogens is 1. The number of carboxylic acid groups (broad SMARTS) is 1. The third kappa shape index (κ3) is 2.13. The summed E-state index contributed by atoms with van der Waals surface area (Å²) in [5.41, 5.74) is 0.199. The van der Waals surface area contributed by atoms with E-state index in [0.717, 1.165) is 0 Å². The molecule has 1 aromatic heterocycles. The molecule has 0 bridgehead atoms. The van der Waals surface area contributed by atoms with E-state index in [9.17, 15) is 9.18 Å². The Morgan fingerprint density at radius 1 is 1.61 bits per heavy atom. The molecule has 1 saturated heterocycles. The van der Waals surface area contributed by atoms with Crippen molar-refractivity contribution in [2.75, 3.05) is 18.6 Å². The fraction of sp³-hybridized carbons (Fsp3) is 0.545. The molecule has 7 heteroatoms. The maximum Gasteiger partial charge on any atom is 0.326 e. The largest absolute Gasteiger partial charge is 0.480 e. The van der Waals surface area contributed by atoms with Crippen molar-refractivity contribution in [2.24, 2.45) is 0 Å². The number of aliphatic carboxylic acids is 1. The van der Waals surface area contributed by atoms with E-state index in [4.69, 9.17) is 9.84 Å². The molecule has 2 heterocycles. The molecule has 1 aliphatic rings. The van der Waals surface area contributed by atoms with Gasteiger partial charge in [0.05, 0.1) is 11.8 Å². The van der Waals surface area contributed by atoms with Crippen LogP contribution in [0, 0.1) is 12.7 Å². The van der Waals surface area contributed by atoms with E-state index in [0.29, 0.717) is 13.0 Å². The minimum atomic E-state index is -1.01. The number of carbonyl (C=O) groups is 1. The Bertz CT molecular complexity index is 469. The minimum Gasteiger partial charge on any atom is -0.480 e. The van der Waals surface area contributed by atoms with Crippen LogP contribution in [-0.2, 0) is 9.53 Å². The summed E-state index contributed by atoms with van der Waals surface area (Å²) < 4.78 is 19.1. The van der Waals surface area contributed by atoms with E-state index in [1.807, 2.05) is 0 Å². The topological polar surface area (TPSA) is 75.6 Å². The highest BCUT2D eigenvalue weighted by molar-refractivity contribution is 5.78. The van der Waals surface area contributed by atoms with Crippen LogP contribution in [0.4, 0.5) is 10.2 Å². The van der Waals surface area contributed by atoms with Gasteiger partial charge in [-0.2, -0.15) is 0 Å². The van der Waals surface area contributed by atoms with Gasteiger partial charge in [-0.3, -0.25) is 0 Å². The molecule has 0 aliphatic carbocycles. The zero-order valence-electron chi connectivity index (χ0n) is 10.1. The predicted octanol–water partition coefficient (Wildman–Crippen LogP) is 0.602. The molecular weight excluding hydrogens is 241 g/mol. The third-order valence-corrected chi connectivity index (χ3v) is 3.10. The lowest BCUT2D eigenvalue weighted by Gasteiger charge is -2.22. The van der Waals surface area contributed by atoms with Gasteiger partial charge in [0, 0.05) is 20.1 Å². The van der Waals surface area contributed by atoms with Gasteiger partial charge >= 0.3 is 5.97 Å². The monoisotopic (exact) mass is 255 g/mol. The number of aromatic nitrogens is 2. The van der Waals surface area contributed by atoms with Crippen LogP contribution in [0.5, 0.6) is 0 Å². The maximum absolute atomic E-state index is 13.9. The Morgan fingerprint density at radius 3 is 2.94 bits per heavy atom. The Hall–Kier alpha value is -1.76. The van der Waals surface area contributed by atoms with Crippen LogP contribution in [0.1, 0.15) is 12.1 Å². The van der Waals surface area contributed by atoms with E-state index >= 15 is 0 Å². The molecular formula is C11H14FN3O3. The molecule has 18 heavy (non-hydrogen) atoms. The zero-order valence-corrected chi connectivity index (χ0v) is 10.1. The van der Waals surface area contributed by atoms with Gasteiger partial charge in [0.2, 0.25) is 0 Å². The number of anilines is 1. The fourth-order valence-electron chi connectivity index (χ4n) is 2.08. The average molecular weight is 255 g/mol. The lowest BCUT2D eigenvalue weighted by atomic mass is 10.2. The Balaban J connectivity index is 2.35. The first-order valence-corrected chi connectivity index (χ1v) is 5.54. The summed E-state index contributed by atoms with van der Waals surface area (Å²) in [6.07, 6.45) is 1.31. The summed E-state index contributed by atoms with van der Waals surface area (Å²) in [4.78, 5) is 20.2. The molecule has 1 aliphatic heterocycles. The molecule has 98 valence electrons. The quantitative estimate of drug-likeness (QED) is 0.852. The first-order valence-electron chi connectivity index (χ1n) is 5.54. The van der Waals surface area contributed by atoms with E-state index in [1.54, 1.807) is 0 Å². The number of carboxylic acids is 1. The second kappa shape index (κ2) is 4.85. The predicted molar refractivity (Wildman–Crippen MR) is 60.9 cm³/mol. The van der Waals surface area contributed by atoms with Crippen LogP contribution < -0.4 is 4.90 Å². The maximum atomic E-state index is 13.9. The van der Waals surface area contributed by atoms with E-state index in [1.165, 1.54) is 25.3 Å². The van der Waals surface area contributed by atoms with Crippen LogP contribution in [-0.4, -0.2) is 46.8 Å². The molecule has 1 fully saturated rings. The summed E-state index contributed by atoms with van der Waals surface area (Å²) in [7, 11) is 1.51.